The second-order valence-corrected chi connectivity index (χ2v) is 5.67. The van der Waals surface area contributed by atoms with Gasteiger partial charge in [-0.15, -0.1) is 0 Å². The van der Waals surface area contributed by atoms with E-state index in [0.29, 0.717) is 6.04 Å². The minimum atomic E-state index is -0.0933. The van der Waals surface area contributed by atoms with E-state index in [4.69, 9.17) is 4.74 Å². The van der Waals surface area contributed by atoms with Gasteiger partial charge in [0.05, 0.1) is 19.1 Å². The molecule has 0 saturated carbocycles. The maximum Gasteiger partial charge on any atom is 0.311 e. The summed E-state index contributed by atoms with van der Waals surface area (Å²) in [5.74, 6) is -0.0489. The molecule has 1 unspecified atom stereocenters. The minimum absolute atomic E-state index is 0.0444. The first kappa shape index (κ1) is 11.9. The second-order valence-electron chi connectivity index (χ2n) is 4.75. The summed E-state index contributed by atoms with van der Waals surface area (Å²) in [6.07, 6.45) is 4.35. The van der Waals surface area contributed by atoms with Crippen LogP contribution in [0.5, 0.6) is 0 Å². The number of fused-ring (bicyclic) bond motifs is 1. The summed E-state index contributed by atoms with van der Waals surface area (Å²) in [5.41, 5.74) is 2.58. The zero-order chi connectivity index (χ0) is 12.7. The zero-order valence-corrected chi connectivity index (χ0v) is 11.7. The van der Waals surface area contributed by atoms with E-state index in [1.54, 1.807) is 0 Å². The van der Waals surface area contributed by atoms with Gasteiger partial charge in [-0.25, -0.2) is 0 Å². The van der Waals surface area contributed by atoms with Gasteiger partial charge in [-0.1, -0.05) is 34.1 Å². The third-order valence-corrected chi connectivity index (χ3v) is 4.16. The molecule has 1 aromatic rings. The predicted octanol–water partition coefficient (Wildman–Crippen LogP) is 2.62. The van der Waals surface area contributed by atoms with Crippen molar-refractivity contribution in [2.24, 2.45) is 5.92 Å². The molecule has 4 heteroatoms. The highest BCUT2D eigenvalue weighted by Crippen LogP contribution is 2.38. The van der Waals surface area contributed by atoms with Gasteiger partial charge in [0.2, 0.25) is 0 Å². The molecule has 1 saturated heterocycles. The molecule has 0 aromatic heterocycles. The third-order valence-electron chi connectivity index (χ3n) is 3.66. The highest BCUT2D eigenvalue weighted by atomic mass is 79.9. The molecule has 1 atom stereocenters. The summed E-state index contributed by atoms with van der Waals surface area (Å²) in [5, 5.41) is 0. The summed E-state index contributed by atoms with van der Waals surface area (Å²) in [7, 11) is 1.45. The Morgan fingerprint density at radius 3 is 2.94 bits per heavy atom. The fraction of sp³-hybridized carbons (Fsp3) is 0.357. The van der Waals surface area contributed by atoms with Gasteiger partial charge < -0.3 is 4.74 Å². The van der Waals surface area contributed by atoms with Gasteiger partial charge in [0, 0.05) is 17.6 Å². The van der Waals surface area contributed by atoms with Crippen LogP contribution < -0.4 is 0 Å². The van der Waals surface area contributed by atoms with E-state index in [2.05, 4.69) is 51.2 Å². The molecular formula is C14H14BrNO2. The Bertz CT molecular complexity index is 521. The van der Waals surface area contributed by atoms with Crippen LogP contribution >= 0.6 is 15.9 Å². The van der Waals surface area contributed by atoms with Crippen molar-refractivity contribution < 1.29 is 9.53 Å². The molecule has 18 heavy (non-hydrogen) atoms. The lowest BCUT2D eigenvalue weighted by Gasteiger charge is -2.41. The number of likely N-dealkylation sites (tertiary alicyclic amines) is 1. The fourth-order valence-electron chi connectivity index (χ4n) is 2.63. The number of methoxy groups -OCH3 is 1. The molecule has 2 aliphatic rings. The summed E-state index contributed by atoms with van der Waals surface area (Å²) in [6, 6.07) is 6.66. The standard InChI is InChI=1S/C14H14BrNO2/c1-18-14(17)10-7-16(8-10)13-5-2-9-6-11(15)3-4-12(9)13/h2-6,10,13H,7-8H2,1H3. The van der Waals surface area contributed by atoms with E-state index >= 15 is 0 Å². The molecule has 1 aliphatic carbocycles. The molecule has 1 aromatic carbocycles. The average Bonchev–Trinajstić information content (AvgIpc) is 2.70. The molecule has 0 bridgehead atoms. The molecule has 1 aliphatic heterocycles. The number of carbonyl (C=O) groups is 1. The van der Waals surface area contributed by atoms with Crippen molar-refractivity contribution in [3.63, 3.8) is 0 Å². The molecule has 0 radical (unpaired) electrons. The Labute approximate surface area is 115 Å². The molecule has 94 valence electrons. The van der Waals surface area contributed by atoms with Crippen LogP contribution in [0.2, 0.25) is 0 Å². The monoisotopic (exact) mass is 307 g/mol. The summed E-state index contributed by atoms with van der Waals surface area (Å²) >= 11 is 3.48. The van der Waals surface area contributed by atoms with Crippen molar-refractivity contribution in [3.05, 3.63) is 39.9 Å². The van der Waals surface area contributed by atoms with Crippen molar-refractivity contribution in [3.8, 4) is 0 Å². The SMILES string of the molecule is COC(=O)C1CN(C2C=Cc3cc(Br)ccc32)C1. The Morgan fingerprint density at radius 2 is 2.22 bits per heavy atom. The first-order valence-electron chi connectivity index (χ1n) is 5.98. The molecular weight excluding hydrogens is 294 g/mol. The van der Waals surface area contributed by atoms with Crippen molar-refractivity contribution in [1.82, 2.24) is 4.90 Å². The van der Waals surface area contributed by atoms with Gasteiger partial charge in [-0.05, 0) is 23.3 Å². The van der Waals surface area contributed by atoms with Crippen LogP contribution in [0.15, 0.2) is 28.7 Å². The smallest absolute Gasteiger partial charge is 0.311 e. The third kappa shape index (κ3) is 1.89. The number of ether oxygens (including phenoxy) is 1. The van der Waals surface area contributed by atoms with Gasteiger partial charge >= 0.3 is 5.97 Å². The summed E-state index contributed by atoms with van der Waals surface area (Å²) < 4.78 is 5.86. The molecule has 0 amide bonds. The number of rotatable bonds is 2. The number of hydrogen-bond acceptors (Lipinski definition) is 3. The van der Waals surface area contributed by atoms with E-state index in [1.165, 1.54) is 18.2 Å². The van der Waals surface area contributed by atoms with Gasteiger partial charge in [0.15, 0.2) is 0 Å². The number of halogens is 1. The Kier molecular flexibility index (Phi) is 2.99. The largest absolute Gasteiger partial charge is 0.469 e. The number of nitrogens with zero attached hydrogens (tertiary/aromatic N) is 1. The second kappa shape index (κ2) is 4.52. The van der Waals surface area contributed by atoms with E-state index in [-0.39, 0.29) is 11.9 Å². The van der Waals surface area contributed by atoms with Crippen LogP contribution in [-0.4, -0.2) is 31.1 Å². The molecule has 1 heterocycles. The zero-order valence-electron chi connectivity index (χ0n) is 10.1. The van der Waals surface area contributed by atoms with Gasteiger partial charge in [0.1, 0.15) is 0 Å². The molecule has 3 rings (SSSR count). The number of esters is 1. The maximum absolute atomic E-state index is 11.4. The van der Waals surface area contributed by atoms with Crippen LogP contribution in [0.3, 0.4) is 0 Å². The van der Waals surface area contributed by atoms with E-state index < -0.39 is 0 Å². The van der Waals surface area contributed by atoms with Crippen LogP contribution in [0.25, 0.3) is 6.08 Å². The topological polar surface area (TPSA) is 29.5 Å². The van der Waals surface area contributed by atoms with E-state index in [1.807, 2.05) is 0 Å². The van der Waals surface area contributed by atoms with Crippen LogP contribution in [0.1, 0.15) is 17.2 Å². The lowest BCUT2D eigenvalue weighted by Crippen LogP contribution is -2.51. The average molecular weight is 308 g/mol. The number of hydrogen-bond donors (Lipinski definition) is 0. The molecule has 1 fully saturated rings. The van der Waals surface area contributed by atoms with Crippen LogP contribution in [0, 0.1) is 5.92 Å². The number of benzene rings is 1. The first-order chi connectivity index (χ1) is 8.69. The molecule has 0 spiro atoms. The minimum Gasteiger partial charge on any atom is -0.469 e. The molecule has 0 N–H and O–H groups in total. The normalized spacial score (nSPS) is 22.7. The highest BCUT2D eigenvalue weighted by Gasteiger charge is 2.38. The first-order valence-corrected chi connectivity index (χ1v) is 6.78. The quantitative estimate of drug-likeness (QED) is 0.787. The Morgan fingerprint density at radius 1 is 1.44 bits per heavy atom. The fourth-order valence-corrected chi connectivity index (χ4v) is 3.01. The van der Waals surface area contributed by atoms with E-state index in [0.717, 1.165) is 17.6 Å². The van der Waals surface area contributed by atoms with Crippen LogP contribution in [0.4, 0.5) is 0 Å². The van der Waals surface area contributed by atoms with Crippen molar-refractivity contribution >= 4 is 28.0 Å². The summed E-state index contributed by atoms with van der Waals surface area (Å²) in [4.78, 5) is 13.7. The predicted molar refractivity (Wildman–Crippen MR) is 73.0 cm³/mol. The Balaban J connectivity index is 1.72. The van der Waals surface area contributed by atoms with Crippen LogP contribution in [-0.2, 0) is 9.53 Å². The van der Waals surface area contributed by atoms with Crippen molar-refractivity contribution in [1.29, 1.82) is 0 Å². The highest BCUT2D eigenvalue weighted by molar-refractivity contribution is 9.10. The maximum atomic E-state index is 11.4. The van der Waals surface area contributed by atoms with Gasteiger partial charge in [-0.2, -0.15) is 0 Å². The molecule has 3 nitrogen and oxygen atoms in total. The van der Waals surface area contributed by atoms with Crippen molar-refractivity contribution in [2.45, 2.75) is 6.04 Å². The summed E-state index contributed by atoms with van der Waals surface area (Å²) in [6.45, 7) is 1.58. The van der Waals surface area contributed by atoms with E-state index in [9.17, 15) is 4.79 Å². The lowest BCUT2D eigenvalue weighted by atomic mass is 9.95. The Hall–Kier alpha value is -1.13. The van der Waals surface area contributed by atoms with Gasteiger partial charge in [0.25, 0.3) is 0 Å². The number of carbonyl (C=O) groups excluding carboxylic acids is 1. The van der Waals surface area contributed by atoms with Crippen molar-refractivity contribution in [2.75, 3.05) is 20.2 Å². The lowest BCUT2D eigenvalue weighted by molar-refractivity contribution is -0.152. The van der Waals surface area contributed by atoms with Gasteiger partial charge in [-0.3, -0.25) is 9.69 Å².